The van der Waals surface area contributed by atoms with Crippen LogP contribution in [0.4, 0.5) is 0 Å². The van der Waals surface area contributed by atoms with Gasteiger partial charge in [-0.25, -0.2) is 13.1 Å². The average molecular weight is 316 g/mol. The molecule has 0 heterocycles. The highest BCUT2D eigenvalue weighted by molar-refractivity contribution is 7.89. The molecule has 2 atom stereocenters. The second-order valence-corrected chi connectivity index (χ2v) is 7.66. The molecule has 0 aromatic heterocycles. The molecule has 0 radical (unpaired) electrons. The number of sulfonamides is 1. The van der Waals surface area contributed by atoms with Crippen LogP contribution in [0.3, 0.4) is 0 Å². The molecule has 2 rings (SSSR count). The lowest BCUT2D eigenvalue weighted by Gasteiger charge is -2.30. The van der Waals surface area contributed by atoms with Gasteiger partial charge in [0.05, 0.1) is 5.75 Å². The Labute approximate surface area is 126 Å². The van der Waals surface area contributed by atoms with Crippen molar-refractivity contribution in [3.63, 3.8) is 0 Å². The number of hydrogen-bond donors (Lipinski definition) is 1. The molecule has 0 aliphatic heterocycles. The SMILES string of the molecule is O=S(=O)(CCc1ccccc1)NC1CCCCC1CCl. The highest BCUT2D eigenvalue weighted by Crippen LogP contribution is 2.26. The van der Waals surface area contributed by atoms with Crippen LogP contribution < -0.4 is 4.72 Å². The van der Waals surface area contributed by atoms with Gasteiger partial charge in [0.1, 0.15) is 0 Å². The number of alkyl halides is 1. The molecule has 0 spiro atoms. The van der Waals surface area contributed by atoms with Crippen molar-refractivity contribution in [2.24, 2.45) is 5.92 Å². The first-order valence-corrected chi connectivity index (χ1v) is 9.39. The second-order valence-electron chi connectivity index (χ2n) is 5.48. The number of benzene rings is 1. The minimum Gasteiger partial charge on any atom is -0.212 e. The van der Waals surface area contributed by atoms with E-state index in [1.807, 2.05) is 30.3 Å². The lowest BCUT2D eigenvalue weighted by Crippen LogP contribution is -2.43. The Hall–Kier alpha value is -0.580. The van der Waals surface area contributed by atoms with Gasteiger partial charge in [-0.2, -0.15) is 0 Å². The van der Waals surface area contributed by atoms with Crippen molar-refractivity contribution in [2.45, 2.75) is 38.1 Å². The van der Waals surface area contributed by atoms with Crippen molar-refractivity contribution in [3.8, 4) is 0 Å². The summed E-state index contributed by atoms with van der Waals surface area (Å²) in [5, 5.41) is 0. The first-order chi connectivity index (χ1) is 9.61. The van der Waals surface area contributed by atoms with Gasteiger partial charge in [0.2, 0.25) is 10.0 Å². The van der Waals surface area contributed by atoms with Crippen molar-refractivity contribution < 1.29 is 8.42 Å². The van der Waals surface area contributed by atoms with E-state index in [1.165, 1.54) is 0 Å². The van der Waals surface area contributed by atoms with Gasteiger partial charge >= 0.3 is 0 Å². The molecular formula is C15H22ClNO2S. The van der Waals surface area contributed by atoms with Crippen LogP contribution >= 0.6 is 11.6 Å². The van der Waals surface area contributed by atoms with E-state index in [1.54, 1.807) is 0 Å². The Morgan fingerprint density at radius 2 is 1.85 bits per heavy atom. The van der Waals surface area contributed by atoms with E-state index in [0.717, 1.165) is 31.2 Å². The smallest absolute Gasteiger partial charge is 0.212 e. The van der Waals surface area contributed by atoms with Crippen LogP contribution in [0.5, 0.6) is 0 Å². The van der Waals surface area contributed by atoms with Gasteiger partial charge < -0.3 is 0 Å². The summed E-state index contributed by atoms with van der Waals surface area (Å²) in [5.41, 5.74) is 1.05. The van der Waals surface area contributed by atoms with Crippen LogP contribution in [0.25, 0.3) is 0 Å². The zero-order valence-corrected chi connectivity index (χ0v) is 13.2. The fourth-order valence-electron chi connectivity index (χ4n) is 2.73. The molecule has 0 saturated heterocycles. The molecule has 1 saturated carbocycles. The van der Waals surface area contributed by atoms with Crippen LogP contribution in [-0.2, 0) is 16.4 Å². The van der Waals surface area contributed by atoms with E-state index in [0.29, 0.717) is 12.3 Å². The molecule has 5 heteroatoms. The summed E-state index contributed by atoms with van der Waals surface area (Å²) in [5.74, 6) is 0.950. The minimum atomic E-state index is -3.23. The van der Waals surface area contributed by atoms with Crippen molar-refractivity contribution in [1.29, 1.82) is 0 Å². The van der Waals surface area contributed by atoms with Crippen molar-refractivity contribution >= 4 is 21.6 Å². The molecule has 0 bridgehead atoms. The molecule has 1 fully saturated rings. The maximum Gasteiger partial charge on any atom is 0.212 e. The second kappa shape index (κ2) is 7.43. The van der Waals surface area contributed by atoms with E-state index >= 15 is 0 Å². The molecule has 20 heavy (non-hydrogen) atoms. The zero-order chi connectivity index (χ0) is 14.4. The van der Waals surface area contributed by atoms with Gasteiger partial charge in [-0.05, 0) is 30.7 Å². The van der Waals surface area contributed by atoms with E-state index in [4.69, 9.17) is 11.6 Å². The standard InChI is InChI=1S/C15H22ClNO2S/c16-12-14-8-4-5-9-15(14)17-20(18,19)11-10-13-6-2-1-3-7-13/h1-3,6-7,14-15,17H,4-5,8-12H2. The maximum atomic E-state index is 12.2. The maximum absolute atomic E-state index is 12.2. The minimum absolute atomic E-state index is 0.0158. The summed E-state index contributed by atoms with van der Waals surface area (Å²) < 4.78 is 27.2. The van der Waals surface area contributed by atoms with E-state index < -0.39 is 10.0 Å². The summed E-state index contributed by atoms with van der Waals surface area (Å²) in [6, 6.07) is 9.72. The van der Waals surface area contributed by atoms with Gasteiger partial charge in [0, 0.05) is 11.9 Å². The molecule has 1 aromatic carbocycles. The molecule has 2 unspecified atom stereocenters. The molecule has 1 N–H and O–H groups in total. The molecule has 0 amide bonds. The largest absolute Gasteiger partial charge is 0.212 e. The molecule has 3 nitrogen and oxygen atoms in total. The van der Waals surface area contributed by atoms with Gasteiger partial charge in [-0.15, -0.1) is 11.6 Å². The summed E-state index contributed by atoms with van der Waals surface area (Å²) in [4.78, 5) is 0. The third-order valence-corrected chi connectivity index (χ3v) is 5.74. The number of nitrogens with one attached hydrogen (secondary N) is 1. The number of rotatable bonds is 6. The molecule has 1 aromatic rings. The summed E-state index contributed by atoms with van der Waals surface area (Å²) in [6.07, 6.45) is 4.71. The average Bonchev–Trinajstić information content (AvgIpc) is 2.47. The Morgan fingerprint density at radius 3 is 2.55 bits per heavy atom. The number of halogens is 1. The predicted octanol–water partition coefficient (Wildman–Crippen LogP) is 2.95. The van der Waals surface area contributed by atoms with Crippen LogP contribution in [0, 0.1) is 5.92 Å². The van der Waals surface area contributed by atoms with Crippen molar-refractivity contribution in [1.82, 2.24) is 4.72 Å². The monoisotopic (exact) mass is 315 g/mol. The Morgan fingerprint density at radius 1 is 1.15 bits per heavy atom. The lowest BCUT2D eigenvalue weighted by molar-refractivity contribution is 0.314. The zero-order valence-electron chi connectivity index (χ0n) is 11.6. The van der Waals surface area contributed by atoms with Gasteiger partial charge in [0.25, 0.3) is 0 Å². The van der Waals surface area contributed by atoms with Gasteiger partial charge in [0.15, 0.2) is 0 Å². The Kier molecular flexibility index (Phi) is 5.87. The highest BCUT2D eigenvalue weighted by atomic mass is 35.5. The van der Waals surface area contributed by atoms with E-state index in [-0.39, 0.29) is 17.7 Å². The normalized spacial score (nSPS) is 23.6. The predicted molar refractivity (Wildman–Crippen MR) is 83.5 cm³/mol. The summed E-state index contributed by atoms with van der Waals surface area (Å²) in [6.45, 7) is 0. The third kappa shape index (κ3) is 4.76. The summed E-state index contributed by atoms with van der Waals surface area (Å²) >= 11 is 5.94. The first-order valence-electron chi connectivity index (χ1n) is 7.20. The highest BCUT2D eigenvalue weighted by Gasteiger charge is 2.27. The fraction of sp³-hybridized carbons (Fsp3) is 0.600. The molecular weight excluding hydrogens is 294 g/mol. The van der Waals surface area contributed by atoms with Crippen LogP contribution in [0.2, 0.25) is 0 Å². The van der Waals surface area contributed by atoms with Gasteiger partial charge in [-0.1, -0.05) is 43.2 Å². The van der Waals surface area contributed by atoms with Gasteiger partial charge in [-0.3, -0.25) is 0 Å². The fourth-order valence-corrected chi connectivity index (χ4v) is 4.50. The quantitative estimate of drug-likeness (QED) is 0.820. The first kappa shape index (κ1) is 15.8. The van der Waals surface area contributed by atoms with E-state index in [2.05, 4.69) is 4.72 Å². The van der Waals surface area contributed by atoms with Crippen LogP contribution in [0.1, 0.15) is 31.2 Å². The Balaban J connectivity index is 1.90. The van der Waals surface area contributed by atoms with E-state index in [9.17, 15) is 8.42 Å². The third-order valence-electron chi connectivity index (χ3n) is 3.94. The lowest BCUT2D eigenvalue weighted by atomic mass is 9.86. The van der Waals surface area contributed by atoms with Crippen LogP contribution in [-0.4, -0.2) is 26.1 Å². The number of aryl methyl sites for hydroxylation is 1. The topological polar surface area (TPSA) is 46.2 Å². The molecule has 112 valence electrons. The van der Waals surface area contributed by atoms with Crippen molar-refractivity contribution in [3.05, 3.63) is 35.9 Å². The number of hydrogen-bond acceptors (Lipinski definition) is 2. The van der Waals surface area contributed by atoms with Crippen LogP contribution in [0.15, 0.2) is 30.3 Å². The molecule has 1 aliphatic rings. The summed E-state index contributed by atoms with van der Waals surface area (Å²) in [7, 11) is -3.23. The molecule has 1 aliphatic carbocycles. The van der Waals surface area contributed by atoms with Crippen molar-refractivity contribution in [2.75, 3.05) is 11.6 Å². The Bertz CT molecular complexity index is 504.